The van der Waals surface area contributed by atoms with Gasteiger partial charge in [0, 0.05) is 38.8 Å². The maximum absolute atomic E-state index is 12.9. The lowest BCUT2D eigenvalue weighted by Gasteiger charge is -2.23. The van der Waals surface area contributed by atoms with E-state index in [-0.39, 0.29) is 17.5 Å². The first-order valence-electron chi connectivity index (χ1n) is 11.4. The summed E-state index contributed by atoms with van der Waals surface area (Å²) in [5.74, 6) is 1.29. The van der Waals surface area contributed by atoms with Crippen LogP contribution in [0.25, 0.3) is 11.0 Å². The van der Waals surface area contributed by atoms with Gasteiger partial charge in [0.1, 0.15) is 11.2 Å². The molecule has 1 aromatic carbocycles. The van der Waals surface area contributed by atoms with E-state index in [0.29, 0.717) is 30.2 Å². The number of hydrogen-bond donors (Lipinski definition) is 1. The van der Waals surface area contributed by atoms with Crippen molar-refractivity contribution in [3.63, 3.8) is 0 Å². The first-order valence-corrected chi connectivity index (χ1v) is 11.4. The van der Waals surface area contributed by atoms with Crippen LogP contribution in [-0.4, -0.2) is 51.0 Å². The lowest BCUT2D eigenvalue weighted by molar-refractivity contribution is 0.0673. The SMILES string of the molecule is CC[C@@H]1CN(Cc2ccccc2C#N)C[C@H]1c1nc2c(cnn2C2CCOCC2)c(=O)[nH]1. The van der Waals surface area contributed by atoms with Crippen LogP contribution in [0, 0.1) is 17.2 Å². The Morgan fingerprint density at radius 1 is 1.25 bits per heavy atom. The molecule has 0 saturated carbocycles. The third-order valence-electron chi connectivity index (χ3n) is 6.94. The highest BCUT2D eigenvalue weighted by Gasteiger charge is 2.35. The second-order valence-corrected chi connectivity index (χ2v) is 8.86. The second kappa shape index (κ2) is 8.85. The minimum atomic E-state index is -0.119. The summed E-state index contributed by atoms with van der Waals surface area (Å²) >= 11 is 0. The Labute approximate surface area is 186 Å². The standard InChI is InChI=1S/C24H28N6O2/c1-2-16-13-29(14-18-6-4-3-5-17(18)11-25)15-21(16)22-27-23-20(24(31)28-22)12-26-30(23)19-7-9-32-10-8-19/h3-6,12,16,19,21H,2,7-10,13-15H2,1H3,(H,27,28,31)/t16-,21-/m1/s1. The highest BCUT2D eigenvalue weighted by atomic mass is 16.5. The van der Waals surface area contributed by atoms with Crippen LogP contribution in [0.2, 0.25) is 0 Å². The Bertz CT molecular complexity index is 1200. The molecule has 0 unspecified atom stereocenters. The lowest BCUT2D eigenvalue weighted by atomic mass is 9.93. The van der Waals surface area contributed by atoms with E-state index in [1.54, 1.807) is 6.20 Å². The highest BCUT2D eigenvalue weighted by molar-refractivity contribution is 5.73. The highest BCUT2D eigenvalue weighted by Crippen LogP contribution is 2.34. The third-order valence-corrected chi connectivity index (χ3v) is 6.94. The van der Waals surface area contributed by atoms with Crippen LogP contribution < -0.4 is 5.56 Å². The number of nitriles is 1. The van der Waals surface area contributed by atoms with Gasteiger partial charge in [-0.3, -0.25) is 9.69 Å². The molecular weight excluding hydrogens is 404 g/mol. The number of ether oxygens (including phenoxy) is 1. The normalized spacial score (nSPS) is 22.4. The molecule has 2 atom stereocenters. The van der Waals surface area contributed by atoms with E-state index in [2.05, 4.69) is 28.0 Å². The van der Waals surface area contributed by atoms with Gasteiger partial charge in [-0.25, -0.2) is 9.67 Å². The van der Waals surface area contributed by atoms with Gasteiger partial charge in [-0.1, -0.05) is 31.5 Å². The molecule has 0 spiro atoms. The topological polar surface area (TPSA) is 99.8 Å². The molecule has 2 fully saturated rings. The van der Waals surface area contributed by atoms with Crippen molar-refractivity contribution in [3.05, 3.63) is 57.8 Å². The number of aromatic amines is 1. The van der Waals surface area contributed by atoms with E-state index in [1.165, 1.54) is 0 Å². The van der Waals surface area contributed by atoms with Crippen molar-refractivity contribution in [3.8, 4) is 6.07 Å². The van der Waals surface area contributed by atoms with E-state index in [1.807, 2.05) is 28.9 Å². The number of likely N-dealkylation sites (tertiary alicyclic amines) is 1. The Balaban J connectivity index is 1.44. The molecule has 2 aliphatic rings. The molecule has 0 aliphatic carbocycles. The van der Waals surface area contributed by atoms with E-state index >= 15 is 0 Å². The van der Waals surface area contributed by atoms with Gasteiger partial charge < -0.3 is 9.72 Å². The molecule has 2 saturated heterocycles. The number of rotatable bonds is 5. The van der Waals surface area contributed by atoms with Gasteiger partial charge in [0.05, 0.1) is 23.9 Å². The maximum Gasteiger partial charge on any atom is 0.262 e. The molecule has 2 aromatic heterocycles. The van der Waals surface area contributed by atoms with Crippen molar-refractivity contribution >= 4 is 11.0 Å². The molecule has 3 aromatic rings. The van der Waals surface area contributed by atoms with Crippen molar-refractivity contribution in [2.24, 2.45) is 5.92 Å². The number of H-pyrrole nitrogens is 1. The zero-order valence-electron chi connectivity index (χ0n) is 18.3. The zero-order valence-corrected chi connectivity index (χ0v) is 18.3. The number of hydrogen-bond acceptors (Lipinski definition) is 6. The lowest BCUT2D eigenvalue weighted by Crippen LogP contribution is -2.23. The van der Waals surface area contributed by atoms with E-state index in [0.717, 1.165) is 55.8 Å². The predicted octanol–water partition coefficient (Wildman–Crippen LogP) is 2.97. The van der Waals surface area contributed by atoms with Crippen molar-refractivity contribution in [2.75, 3.05) is 26.3 Å². The molecule has 8 heteroatoms. The summed E-state index contributed by atoms with van der Waals surface area (Å²) in [4.78, 5) is 23.3. The molecule has 4 heterocycles. The average molecular weight is 433 g/mol. The molecule has 0 amide bonds. The second-order valence-electron chi connectivity index (χ2n) is 8.86. The van der Waals surface area contributed by atoms with Gasteiger partial charge in [-0.2, -0.15) is 10.4 Å². The molecule has 1 N–H and O–H groups in total. The maximum atomic E-state index is 12.9. The van der Waals surface area contributed by atoms with E-state index < -0.39 is 0 Å². The van der Waals surface area contributed by atoms with E-state index in [4.69, 9.17) is 9.72 Å². The summed E-state index contributed by atoms with van der Waals surface area (Å²) in [7, 11) is 0. The Morgan fingerprint density at radius 3 is 2.84 bits per heavy atom. The monoisotopic (exact) mass is 432 g/mol. The molecule has 5 rings (SSSR count). The number of fused-ring (bicyclic) bond motifs is 1. The fourth-order valence-corrected chi connectivity index (χ4v) is 5.15. The number of nitrogens with one attached hydrogen (secondary N) is 1. The first kappa shape index (κ1) is 20.9. The smallest absolute Gasteiger partial charge is 0.262 e. The van der Waals surface area contributed by atoms with Gasteiger partial charge >= 0.3 is 0 Å². The molecule has 2 aliphatic heterocycles. The van der Waals surface area contributed by atoms with Crippen LogP contribution in [0.3, 0.4) is 0 Å². The molecule has 0 radical (unpaired) electrons. The Hall–Kier alpha value is -3.02. The Kier molecular flexibility index (Phi) is 5.77. The molecule has 32 heavy (non-hydrogen) atoms. The average Bonchev–Trinajstić information content (AvgIpc) is 3.44. The van der Waals surface area contributed by atoms with Crippen LogP contribution in [0.15, 0.2) is 35.3 Å². The fourth-order valence-electron chi connectivity index (χ4n) is 5.15. The zero-order chi connectivity index (χ0) is 22.1. The number of aromatic nitrogens is 4. The summed E-state index contributed by atoms with van der Waals surface area (Å²) in [5.41, 5.74) is 2.32. The van der Waals surface area contributed by atoms with Gasteiger partial charge in [-0.05, 0) is 30.4 Å². The predicted molar refractivity (Wildman–Crippen MR) is 120 cm³/mol. The number of benzene rings is 1. The van der Waals surface area contributed by atoms with E-state index in [9.17, 15) is 10.1 Å². The minimum absolute atomic E-state index is 0.119. The van der Waals surface area contributed by atoms with Gasteiger partial charge in [0.25, 0.3) is 5.56 Å². The quantitative estimate of drug-likeness (QED) is 0.665. The Morgan fingerprint density at radius 2 is 2.06 bits per heavy atom. The van der Waals surface area contributed by atoms with Crippen LogP contribution in [0.4, 0.5) is 0 Å². The van der Waals surface area contributed by atoms with Crippen molar-refractivity contribution < 1.29 is 4.74 Å². The van der Waals surface area contributed by atoms with Crippen LogP contribution in [0.5, 0.6) is 0 Å². The van der Waals surface area contributed by atoms with Gasteiger partial charge in [0.15, 0.2) is 5.65 Å². The molecule has 166 valence electrons. The molecular formula is C24H28N6O2. The fraction of sp³-hybridized carbons (Fsp3) is 0.500. The summed E-state index contributed by atoms with van der Waals surface area (Å²) in [6, 6.07) is 10.3. The van der Waals surface area contributed by atoms with Crippen molar-refractivity contribution in [2.45, 2.75) is 44.7 Å². The number of nitrogens with zero attached hydrogens (tertiary/aromatic N) is 5. The summed E-state index contributed by atoms with van der Waals surface area (Å²) in [6.45, 7) is 6.06. The van der Waals surface area contributed by atoms with Crippen LogP contribution in [-0.2, 0) is 11.3 Å². The third kappa shape index (κ3) is 3.83. The van der Waals surface area contributed by atoms with Gasteiger partial charge in [0.2, 0.25) is 0 Å². The summed E-state index contributed by atoms with van der Waals surface area (Å²) in [6.07, 6.45) is 4.40. The van der Waals surface area contributed by atoms with Crippen molar-refractivity contribution in [1.82, 2.24) is 24.6 Å². The molecule has 8 nitrogen and oxygen atoms in total. The summed E-state index contributed by atoms with van der Waals surface area (Å²) in [5, 5.41) is 14.5. The molecule has 0 bridgehead atoms. The first-order chi connectivity index (χ1) is 15.7. The largest absolute Gasteiger partial charge is 0.381 e. The summed E-state index contributed by atoms with van der Waals surface area (Å²) < 4.78 is 7.41. The van der Waals surface area contributed by atoms with Crippen LogP contribution in [0.1, 0.15) is 55.1 Å². The van der Waals surface area contributed by atoms with Crippen LogP contribution >= 0.6 is 0 Å². The minimum Gasteiger partial charge on any atom is -0.381 e. The van der Waals surface area contributed by atoms with Crippen molar-refractivity contribution in [1.29, 1.82) is 5.26 Å². The van der Waals surface area contributed by atoms with Gasteiger partial charge in [-0.15, -0.1) is 0 Å².